The van der Waals surface area contributed by atoms with E-state index in [-0.39, 0.29) is 35.5 Å². The van der Waals surface area contributed by atoms with E-state index < -0.39 is 9.84 Å². The van der Waals surface area contributed by atoms with Crippen LogP contribution in [0.4, 0.5) is 5.13 Å². The largest absolute Gasteiger partial charge is 0.495 e. The molecular weight excluding hydrogens is 476 g/mol. The lowest BCUT2D eigenvalue weighted by molar-refractivity contribution is -0.119. The number of rotatable bonds is 10. The first-order valence-electron chi connectivity index (χ1n) is 11.1. The van der Waals surface area contributed by atoms with Gasteiger partial charge in [0.15, 0.2) is 15.0 Å². The van der Waals surface area contributed by atoms with Crippen LogP contribution in [0.2, 0.25) is 0 Å². The molecule has 34 heavy (non-hydrogen) atoms. The molecular formula is C24H28N2O6S2. The van der Waals surface area contributed by atoms with Crippen molar-refractivity contribution in [1.29, 1.82) is 0 Å². The van der Waals surface area contributed by atoms with Crippen molar-refractivity contribution in [1.82, 2.24) is 4.98 Å². The first-order chi connectivity index (χ1) is 16.4. The number of nitrogens with zero attached hydrogens (tertiary/aromatic N) is 2. The summed E-state index contributed by atoms with van der Waals surface area (Å²) in [7, 11) is -0.290. The lowest BCUT2D eigenvalue weighted by Crippen LogP contribution is -2.37. The molecule has 10 heteroatoms. The summed E-state index contributed by atoms with van der Waals surface area (Å²) < 4.78 is 42.7. The summed E-state index contributed by atoms with van der Waals surface area (Å²) in [4.78, 5) is 19.9. The first-order valence-corrected chi connectivity index (χ1v) is 13.6. The maximum atomic E-state index is 13.3. The van der Waals surface area contributed by atoms with Crippen LogP contribution in [0.5, 0.6) is 11.5 Å². The Bertz CT molecular complexity index is 1200. The molecule has 0 spiro atoms. The van der Waals surface area contributed by atoms with Crippen molar-refractivity contribution in [3.8, 4) is 11.5 Å². The smallest absolute Gasteiger partial charge is 0.228 e. The highest BCUT2D eigenvalue weighted by Crippen LogP contribution is 2.40. The Balaban J connectivity index is 1.56. The van der Waals surface area contributed by atoms with Gasteiger partial charge in [-0.15, -0.1) is 0 Å². The average molecular weight is 505 g/mol. The quantitative estimate of drug-likeness (QED) is 0.411. The molecule has 1 aliphatic heterocycles. The van der Waals surface area contributed by atoms with Crippen LogP contribution in [0.15, 0.2) is 47.4 Å². The molecule has 0 radical (unpaired) electrons. The van der Waals surface area contributed by atoms with Gasteiger partial charge in [0, 0.05) is 13.0 Å². The predicted octanol–water partition coefficient (Wildman–Crippen LogP) is 4.08. The van der Waals surface area contributed by atoms with E-state index in [0.717, 1.165) is 17.5 Å². The molecule has 0 aliphatic carbocycles. The summed E-state index contributed by atoms with van der Waals surface area (Å²) in [6.07, 6.45) is 2.04. The highest BCUT2D eigenvalue weighted by Gasteiger charge is 2.27. The third-order valence-corrected chi connectivity index (χ3v) is 8.66. The first kappa shape index (κ1) is 24.4. The number of ether oxygens (including phenoxy) is 3. The molecule has 4 rings (SSSR count). The normalized spacial score (nSPS) is 16.0. The van der Waals surface area contributed by atoms with Gasteiger partial charge in [0.05, 0.1) is 37.5 Å². The maximum Gasteiger partial charge on any atom is 0.228 e. The van der Waals surface area contributed by atoms with Crippen LogP contribution in [0.3, 0.4) is 0 Å². The van der Waals surface area contributed by atoms with E-state index in [2.05, 4.69) is 0 Å². The Kier molecular flexibility index (Phi) is 7.70. The van der Waals surface area contributed by atoms with Crippen LogP contribution in [-0.4, -0.2) is 58.5 Å². The SMILES string of the molecule is COc1ccc(OC)c2sc(N(CC3CCCO3)C(=O)CCCS(=O)(=O)c3ccccc3)nc12. The van der Waals surface area contributed by atoms with Gasteiger partial charge < -0.3 is 14.2 Å². The molecule has 0 N–H and O–H groups in total. The van der Waals surface area contributed by atoms with Gasteiger partial charge >= 0.3 is 0 Å². The maximum absolute atomic E-state index is 13.3. The fourth-order valence-corrected chi connectivity index (χ4v) is 6.40. The van der Waals surface area contributed by atoms with Crippen molar-refractivity contribution in [2.75, 3.05) is 38.0 Å². The topological polar surface area (TPSA) is 95.0 Å². The van der Waals surface area contributed by atoms with Crippen molar-refractivity contribution in [3.05, 3.63) is 42.5 Å². The van der Waals surface area contributed by atoms with Crippen molar-refractivity contribution >= 4 is 42.4 Å². The zero-order valence-electron chi connectivity index (χ0n) is 19.2. The summed E-state index contributed by atoms with van der Waals surface area (Å²) in [5, 5.41) is 0.518. The summed E-state index contributed by atoms with van der Waals surface area (Å²) >= 11 is 1.35. The van der Waals surface area contributed by atoms with Gasteiger partial charge in [0.25, 0.3) is 0 Å². The van der Waals surface area contributed by atoms with Gasteiger partial charge in [0.1, 0.15) is 21.7 Å². The molecule has 8 nitrogen and oxygen atoms in total. The number of sulfone groups is 1. The van der Waals surface area contributed by atoms with Crippen LogP contribution in [0.25, 0.3) is 10.2 Å². The van der Waals surface area contributed by atoms with Gasteiger partial charge in [0.2, 0.25) is 5.91 Å². The minimum absolute atomic E-state index is 0.0761. The van der Waals surface area contributed by atoms with E-state index in [4.69, 9.17) is 19.2 Å². The van der Waals surface area contributed by atoms with Crippen molar-refractivity contribution in [3.63, 3.8) is 0 Å². The third-order valence-electron chi connectivity index (χ3n) is 5.75. The number of benzene rings is 2. The van der Waals surface area contributed by atoms with Crippen LogP contribution in [-0.2, 0) is 19.4 Å². The van der Waals surface area contributed by atoms with E-state index in [1.54, 1.807) is 55.5 Å². The van der Waals surface area contributed by atoms with Crippen LogP contribution in [0, 0.1) is 0 Å². The fraction of sp³-hybridized carbons (Fsp3) is 0.417. The zero-order valence-corrected chi connectivity index (χ0v) is 20.9. The lowest BCUT2D eigenvalue weighted by Gasteiger charge is -2.23. The minimum atomic E-state index is -3.45. The Morgan fingerprint density at radius 3 is 2.56 bits per heavy atom. The van der Waals surface area contributed by atoms with Crippen LogP contribution >= 0.6 is 11.3 Å². The molecule has 0 saturated carbocycles. The molecule has 182 valence electrons. The van der Waals surface area contributed by atoms with E-state index >= 15 is 0 Å². The number of methoxy groups -OCH3 is 2. The molecule has 1 saturated heterocycles. The fourth-order valence-electron chi connectivity index (χ4n) is 3.96. The lowest BCUT2D eigenvalue weighted by atomic mass is 10.2. The van der Waals surface area contributed by atoms with Crippen molar-refractivity contribution < 1.29 is 27.4 Å². The molecule has 0 bridgehead atoms. The van der Waals surface area contributed by atoms with Crippen LogP contribution in [0.1, 0.15) is 25.7 Å². The number of aromatic nitrogens is 1. The molecule has 3 aromatic rings. The Morgan fingerprint density at radius 2 is 1.88 bits per heavy atom. The number of anilines is 1. The predicted molar refractivity (Wildman–Crippen MR) is 132 cm³/mol. The second-order valence-electron chi connectivity index (χ2n) is 8.02. The third kappa shape index (κ3) is 5.34. The van der Waals surface area contributed by atoms with Gasteiger partial charge in [-0.1, -0.05) is 29.5 Å². The summed E-state index contributed by atoms with van der Waals surface area (Å²) in [5.41, 5.74) is 0.624. The van der Waals surface area contributed by atoms with Gasteiger partial charge in [-0.05, 0) is 43.5 Å². The van der Waals surface area contributed by atoms with E-state index in [0.29, 0.717) is 35.3 Å². The van der Waals surface area contributed by atoms with Gasteiger partial charge in [-0.3, -0.25) is 9.69 Å². The number of amides is 1. The second kappa shape index (κ2) is 10.7. The highest BCUT2D eigenvalue weighted by molar-refractivity contribution is 7.91. The number of hydrogen-bond acceptors (Lipinski definition) is 8. The standard InChI is InChI=1S/C24H28N2O6S2/c1-30-19-12-13-20(31-2)23-22(19)25-24(33-23)26(16-17-8-6-14-32-17)21(27)11-7-15-34(28,29)18-9-4-3-5-10-18/h3-5,9-10,12-13,17H,6-8,11,14-16H2,1-2H3. The highest BCUT2D eigenvalue weighted by atomic mass is 32.2. The zero-order chi connectivity index (χ0) is 24.1. The van der Waals surface area contributed by atoms with Gasteiger partial charge in [-0.2, -0.15) is 0 Å². The summed E-state index contributed by atoms with van der Waals surface area (Å²) in [5.74, 6) is 0.961. The van der Waals surface area contributed by atoms with Crippen LogP contribution < -0.4 is 14.4 Å². The molecule has 2 heterocycles. The number of carbonyl (C=O) groups excluding carboxylic acids is 1. The Labute approximate surface area is 203 Å². The molecule has 2 aromatic carbocycles. The molecule has 1 fully saturated rings. The number of carbonyl (C=O) groups is 1. The van der Waals surface area contributed by atoms with Gasteiger partial charge in [-0.25, -0.2) is 13.4 Å². The summed E-state index contributed by atoms with van der Waals surface area (Å²) in [6, 6.07) is 11.9. The second-order valence-corrected chi connectivity index (χ2v) is 11.1. The number of hydrogen-bond donors (Lipinski definition) is 0. The van der Waals surface area contributed by atoms with E-state index in [1.165, 1.54) is 11.3 Å². The number of fused-ring (bicyclic) bond motifs is 1. The monoisotopic (exact) mass is 504 g/mol. The molecule has 1 aliphatic rings. The van der Waals surface area contributed by atoms with E-state index in [1.807, 2.05) is 6.07 Å². The molecule has 1 unspecified atom stereocenters. The molecule has 1 aromatic heterocycles. The Morgan fingerprint density at radius 1 is 1.15 bits per heavy atom. The molecule has 1 amide bonds. The summed E-state index contributed by atoms with van der Waals surface area (Å²) in [6.45, 7) is 1.04. The average Bonchev–Trinajstić information content (AvgIpc) is 3.52. The number of thiazole rings is 1. The van der Waals surface area contributed by atoms with Crippen molar-refractivity contribution in [2.45, 2.75) is 36.7 Å². The minimum Gasteiger partial charge on any atom is -0.495 e. The van der Waals surface area contributed by atoms with E-state index in [9.17, 15) is 13.2 Å². The Hall–Kier alpha value is -2.69. The molecule has 1 atom stereocenters. The van der Waals surface area contributed by atoms with Crippen molar-refractivity contribution in [2.24, 2.45) is 0 Å².